The standard InChI is InChI=1S/C18H18O4/c1-21-18(20)16-14-12-8-7-11(9-12)13(14)15(17(19)22-16)10-5-3-2-4-6-10/h2-6,11-13,15H,7-9H2,1H3. The number of allylic oxidation sites excluding steroid dienone is 1. The van der Waals surface area contributed by atoms with E-state index in [-0.39, 0.29) is 23.6 Å². The molecule has 4 atom stereocenters. The van der Waals surface area contributed by atoms with E-state index in [0.717, 1.165) is 30.4 Å². The highest BCUT2D eigenvalue weighted by Gasteiger charge is 2.55. The quantitative estimate of drug-likeness (QED) is 0.788. The molecule has 0 radical (unpaired) electrons. The van der Waals surface area contributed by atoms with Crippen molar-refractivity contribution in [2.75, 3.05) is 7.11 Å². The van der Waals surface area contributed by atoms with Gasteiger partial charge in [0.15, 0.2) is 0 Å². The topological polar surface area (TPSA) is 52.6 Å². The van der Waals surface area contributed by atoms with Gasteiger partial charge in [-0.05, 0) is 42.2 Å². The van der Waals surface area contributed by atoms with Crippen LogP contribution in [0.2, 0.25) is 0 Å². The lowest BCUT2D eigenvalue weighted by atomic mass is 9.71. The van der Waals surface area contributed by atoms with Crippen molar-refractivity contribution in [3.05, 3.63) is 47.2 Å². The highest BCUT2D eigenvalue weighted by molar-refractivity contribution is 5.94. The Hall–Kier alpha value is -2.10. The predicted molar refractivity (Wildman–Crippen MR) is 78.6 cm³/mol. The largest absolute Gasteiger partial charge is 0.463 e. The fourth-order valence-corrected chi connectivity index (χ4v) is 4.57. The number of hydrogen-bond acceptors (Lipinski definition) is 4. The van der Waals surface area contributed by atoms with Crippen LogP contribution >= 0.6 is 0 Å². The summed E-state index contributed by atoms with van der Waals surface area (Å²) >= 11 is 0. The first-order chi connectivity index (χ1) is 10.7. The van der Waals surface area contributed by atoms with Crippen LogP contribution in [0.3, 0.4) is 0 Å². The molecule has 0 aromatic heterocycles. The molecule has 0 spiro atoms. The van der Waals surface area contributed by atoms with Crippen molar-refractivity contribution in [1.82, 2.24) is 0 Å². The number of cyclic esters (lactones) is 1. The molecule has 1 heterocycles. The number of hydrogen-bond donors (Lipinski definition) is 0. The van der Waals surface area contributed by atoms with Gasteiger partial charge in [0, 0.05) is 5.92 Å². The van der Waals surface area contributed by atoms with E-state index in [4.69, 9.17) is 9.47 Å². The van der Waals surface area contributed by atoms with Gasteiger partial charge >= 0.3 is 11.9 Å². The molecule has 4 heteroatoms. The Labute approximate surface area is 129 Å². The minimum absolute atomic E-state index is 0.0940. The van der Waals surface area contributed by atoms with Crippen LogP contribution in [0.1, 0.15) is 30.7 Å². The van der Waals surface area contributed by atoms with E-state index < -0.39 is 5.97 Å². The normalized spacial score (nSPS) is 32.7. The molecule has 22 heavy (non-hydrogen) atoms. The van der Waals surface area contributed by atoms with Crippen molar-refractivity contribution in [3.63, 3.8) is 0 Å². The van der Waals surface area contributed by atoms with Gasteiger partial charge in [-0.3, -0.25) is 4.79 Å². The Morgan fingerprint density at radius 2 is 2.00 bits per heavy atom. The van der Waals surface area contributed by atoms with Crippen molar-refractivity contribution >= 4 is 11.9 Å². The maximum atomic E-state index is 12.6. The molecule has 1 aliphatic heterocycles. The molecular formula is C18H18O4. The van der Waals surface area contributed by atoms with Crippen molar-refractivity contribution in [3.8, 4) is 0 Å². The third-order valence-corrected chi connectivity index (χ3v) is 5.39. The second-order valence-corrected chi connectivity index (χ2v) is 6.38. The van der Waals surface area contributed by atoms with Gasteiger partial charge in [0.1, 0.15) is 0 Å². The zero-order chi connectivity index (χ0) is 15.3. The van der Waals surface area contributed by atoms with Gasteiger partial charge in [-0.2, -0.15) is 0 Å². The predicted octanol–water partition coefficient (Wildman–Crippen LogP) is 2.80. The monoisotopic (exact) mass is 298 g/mol. The van der Waals surface area contributed by atoms with Crippen LogP contribution in [-0.4, -0.2) is 19.0 Å². The zero-order valence-corrected chi connectivity index (χ0v) is 12.5. The Morgan fingerprint density at radius 1 is 1.23 bits per heavy atom. The zero-order valence-electron chi connectivity index (χ0n) is 12.5. The molecule has 4 rings (SSSR count). The highest BCUT2D eigenvalue weighted by atomic mass is 16.6. The van der Waals surface area contributed by atoms with Crippen molar-refractivity contribution in [1.29, 1.82) is 0 Å². The number of carbonyl (C=O) groups is 2. The molecule has 1 aromatic rings. The number of ether oxygens (including phenoxy) is 2. The third kappa shape index (κ3) is 1.83. The van der Waals surface area contributed by atoms with Gasteiger partial charge in [0.2, 0.25) is 5.76 Å². The van der Waals surface area contributed by atoms with Crippen LogP contribution in [0.5, 0.6) is 0 Å². The smallest absolute Gasteiger partial charge is 0.374 e. The summed E-state index contributed by atoms with van der Waals surface area (Å²) in [5.41, 5.74) is 2.00. The number of esters is 2. The molecule has 4 nitrogen and oxygen atoms in total. The van der Waals surface area contributed by atoms with E-state index in [1.807, 2.05) is 30.3 Å². The maximum absolute atomic E-state index is 12.6. The first-order valence-electron chi connectivity index (χ1n) is 7.79. The van der Waals surface area contributed by atoms with Crippen molar-refractivity contribution in [2.45, 2.75) is 25.2 Å². The molecule has 0 saturated heterocycles. The molecule has 2 aliphatic carbocycles. The van der Waals surface area contributed by atoms with E-state index in [1.165, 1.54) is 7.11 Å². The molecule has 2 bridgehead atoms. The lowest BCUT2D eigenvalue weighted by molar-refractivity contribution is -0.154. The molecular weight excluding hydrogens is 280 g/mol. The summed E-state index contributed by atoms with van der Waals surface area (Å²) in [7, 11) is 1.33. The summed E-state index contributed by atoms with van der Waals surface area (Å²) in [5, 5.41) is 0. The van der Waals surface area contributed by atoms with Crippen molar-refractivity contribution in [2.24, 2.45) is 17.8 Å². The number of methoxy groups -OCH3 is 1. The minimum atomic E-state index is -0.521. The fourth-order valence-electron chi connectivity index (χ4n) is 4.57. The van der Waals surface area contributed by atoms with Crippen LogP contribution in [0.25, 0.3) is 0 Å². The fraction of sp³-hybridized carbons (Fsp3) is 0.444. The van der Waals surface area contributed by atoms with Gasteiger partial charge in [-0.15, -0.1) is 0 Å². The van der Waals surface area contributed by atoms with E-state index in [1.54, 1.807) is 0 Å². The lowest BCUT2D eigenvalue weighted by Crippen LogP contribution is -2.36. The van der Waals surface area contributed by atoms with Crippen LogP contribution < -0.4 is 0 Å². The Balaban J connectivity index is 1.83. The van der Waals surface area contributed by atoms with Gasteiger partial charge in [0.25, 0.3) is 0 Å². The van der Waals surface area contributed by atoms with E-state index in [9.17, 15) is 9.59 Å². The average molecular weight is 298 g/mol. The van der Waals surface area contributed by atoms with Gasteiger partial charge in [-0.25, -0.2) is 4.79 Å². The van der Waals surface area contributed by atoms with Gasteiger partial charge in [0.05, 0.1) is 13.0 Å². The Bertz CT molecular complexity index is 661. The van der Waals surface area contributed by atoms with E-state index in [0.29, 0.717) is 11.8 Å². The second kappa shape index (κ2) is 4.97. The first kappa shape index (κ1) is 13.6. The molecule has 2 fully saturated rings. The summed E-state index contributed by atoms with van der Waals surface area (Å²) in [5.74, 6) is -0.0466. The number of rotatable bonds is 2. The Morgan fingerprint density at radius 3 is 2.73 bits per heavy atom. The lowest BCUT2D eigenvalue weighted by Gasteiger charge is -2.36. The first-order valence-corrected chi connectivity index (χ1v) is 7.79. The van der Waals surface area contributed by atoms with E-state index >= 15 is 0 Å². The molecule has 0 amide bonds. The summed E-state index contributed by atoms with van der Waals surface area (Å²) in [6.07, 6.45) is 3.26. The van der Waals surface area contributed by atoms with Crippen LogP contribution in [0, 0.1) is 17.8 Å². The third-order valence-electron chi connectivity index (χ3n) is 5.39. The van der Waals surface area contributed by atoms with Crippen molar-refractivity contribution < 1.29 is 19.1 Å². The number of benzene rings is 1. The highest BCUT2D eigenvalue weighted by Crippen LogP contribution is 2.59. The minimum Gasteiger partial charge on any atom is -0.463 e. The SMILES string of the molecule is COC(=O)C1=C2C3CCC(C3)C2C(c2ccccc2)C(=O)O1. The summed E-state index contributed by atoms with van der Waals surface area (Å²) < 4.78 is 10.3. The summed E-state index contributed by atoms with van der Waals surface area (Å²) in [6.45, 7) is 0. The van der Waals surface area contributed by atoms with Gasteiger partial charge in [-0.1, -0.05) is 30.3 Å². The molecule has 3 aliphatic rings. The summed E-state index contributed by atoms with van der Waals surface area (Å²) in [6, 6.07) is 9.76. The number of fused-ring (bicyclic) bond motifs is 5. The molecule has 0 N–H and O–H groups in total. The van der Waals surface area contributed by atoms with Gasteiger partial charge < -0.3 is 9.47 Å². The van der Waals surface area contributed by atoms with E-state index in [2.05, 4.69) is 0 Å². The van der Waals surface area contributed by atoms with Crippen LogP contribution in [0.15, 0.2) is 41.7 Å². The molecule has 4 unspecified atom stereocenters. The Kier molecular flexibility index (Phi) is 3.06. The molecule has 2 saturated carbocycles. The maximum Gasteiger partial charge on any atom is 0.374 e. The summed E-state index contributed by atoms with van der Waals surface area (Å²) in [4.78, 5) is 24.6. The van der Waals surface area contributed by atoms with Crippen LogP contribution in [-0.2, 0) is 19.1 Å². The van der Waals surface area contributed by atoms with Crippen LogP contribution in [0.4, 0.5) is 0 Å². The molecule has 1 aromatic carbocycles. The second-order valence-electron chi connectivity index (χ2n) is 6.38. The number of carbonyl (C=O) groups excluding carboxylic acids is 2. The molecule has 114 valence electrons. The average Bonchev–Trinajstić information content (AvgIpc) is 3.16.